The zero-order valence-electron chi connectivity index (χ0n) is 12.9. The molecular formula is C16H20N4O2. The lowest BCUT2D eigenvalue weighted by Crippen LogP contribution is -2.38. The molecule has 0 unspecified atom stereocenters. The molecule has 1 aliphatic heterocycles. The summed E-state index contributed by atoms with van der Waals surface area (Å²) in [4.78, 5) is 25.8. The molecule has 2 aromatic heterocycles. The highest BCUT2D eigenvalue weighted by molar-refractivity contribution is 5.94. The highest BCUT2D eigenvalue weighted by Crippen LogP contribution is 2.28. The lowest BCUT2D eigenvalue weighted by molar-refractivity contribution is 0.0712. The van der Waals surface area contributed by atoms with Crippen molar-refractivity contribution < 1.29 is 4.79 Å². The third-order valence-electron chi connectivity index (χ3n) is 4.31. The van der Waals surface area contributed by atoms with E-state index >= 15 is 0 Å². The van der Waals surface area contributed by atoms with Gasteiger partial charge in [0.2, 0.25) is 5.56 Å². The summed E-state index contributed by atoms with van der Waals surface area (Å²) in [6.07, 6.45) is 7.47. The number of likely N-dealkylation sites (tertiary alicyclic amines) is 1. The fraction of sp³-hybridized carbons (Fsp3) is 0.438. The Balaban J connectivity index is 1.66. The Bertz CT molecular complexity index is 739. The molecule has 0 spiro atoms. The van der Waals surface area contributed by atoms with Gasteiger partial charge in [0.25, 0.3) is 5.91 Å². The third-order valence-corrected chi connectivity index (χ3v) is 4.31. The van der Waals surface area contributed by atoms with E-state index in [2.05, 4.69) is 11.3 Å². The minimum absolute atomic E-state index is 0.000219. The van der Waals surface area contributed by atoms with Gasteiger partial charge in [0, 0.05) is 45.6 Å². The van der Waals surface area contributed by atoms with E-state index in [1.165, 1.54) is 16.2 Å². The maximum absolute atomic E-state index is 12.5. The number of hydrogen-bond donors (Lipinski definition) is 0. The molecule has 0 saturated carbocycles. The zero-order valence-corrected chi connectivity index (χ0v) is 12.9. The van der Waals surface area contributed by atoms with E-state index in [0.29, 0.717) is 11.5 Å². The standard InChI is InChI=1S/C16H20N4O2/c1-18-10-13(3-4-15(18)21)16(22)20-7-5-12(6-8-20)14-9-17-19(2)11-14/h3-4,9-12H,5-8H2,1-2H3. The Hall–Kier alpha value is -2.37. The van der Waals surface area contributed by atoms with Crippen LogP contribution in [0.3, 0.4) is 0 Å². The predicted octanol–water partition coefficient (Wildman–Crippen LogP) is 1.14. The minimum Gasteiger partial charge on any atom is -0.339 e. The number of pyridine rings is 1. The van der Waals surface area contributed by atoms with Gasteiger partial charge in [0.1, 0.15) is 0 Å². The van der Waals surface area contributed by atoms with Gasteiger partial charge in [0.15, 0.2) is 0 Å². The van der Waals surface area contributed by atoms with E-state index < -0.39 is 0 Å². The lowest BCUT2D eigenvalue weighted by atomic mass is 9.91. The number of amides is 1. The van der Waals surface area contributed by atoms with Crippen LogP contribution in [0.1, 0.15) is 34.7 Å². The van der Waals surface area contributed by atoms with Gasteiger partial charge in [-0.2, -0.15) is 5.10 Å². The monoisotopic (exact) mass is 300 g/mol. The van der Waals surface area contributed by atoms with Gasteiger partial charge in [-0.3, -0.25) is 14.3 Å². The second-order valence-corrected chi connectivity index (χ2v) is 5.88. The number of carbonyl (C=O) groups excluding carboxylic acids is 1. The topological polar surface area (TPSA) is 60.1 Å². The van der Waals surface area contributed by atoms with E-state index in [-0.39, 0.29) is 11.5 Å². The number of aryl methyl sites for hydroxylation is 2. The predicted molar refractivity (Wildman–Crippen MR) is 82.8 cm³/mol. The van der Waals surface area contributed by atoms with Gasteiger partial charge < -0.3 is 9.47 Å². The number of nitrogens with zero attached hydrogens (tertiary/aromatic N) is 4. The van der Waals surface area contributed by atoms with Crippen LogP contribution < -0.4 is 5.56 Å². The Kier molecular flexibility index (Phi) is 3.83. The first-order chi connectivity index (χ1) is 10.5. The molecule has 1 amide bonds. The van der Waals surface area contributed by atoms with Crippen molar-refractivity contribution >= 4 is 5.91 Å². The highest BCUT2D eigenvalue weighted by Gasteiger charge is 2.25. The second kappa shape index (κ2) is 5.79. The van der Waals surface area contributed by atoms with Crippen molar-refractivity contribution in [2.45, 2.75) is 18.8 Å². The molecule has 0 radical (unpaired) electrons. The highest BCUT2D eigenvalue weighted by atomic mass is 16.2. The third kappa shape index (κ3) is 2.81. The summed E-state index contributed by atoms with van der Waals surface area (Å²) >= 11 is 0. The van der Waals surface area contributed by atoms with Crippen molar-refractivity contribution in [1.29, 1.82) is 0 Å². The SMILES string of the molecule is Cn1cc(C2CCN(C(=O)c3ccc(=O)n(C)c3)CC2)cn1. The summed E-state index contributed by atoms with van der Waals surface area (Å²) in [5.41, 5.74) is 1.71. The number of piperidine rings is 1. The fourth-order valence-electron chi connectivity index (χ4n) is 2.97. The number of aromatic nitrogens is 3. The Morgan fingerprint density at radius 2 is 1.91 bits per heavy atom. The van der Waals surface area contributed by atoms with Gasteiger partial charge in [-0.15, -0.1) is 0 Å². The fourth-order valence-corrected chi connectivity index (χ4v) is 2.97. The van der Waals surface area contributed by atoms with E-state index in [0.717, 1.165) is 25.9 Å². The molecule has 1 fully saturated rings. The molecule has 6 nitrogen and oxygen atoms in total. The number of hydrogen-bond acceptors (Lipinski definition) is 3. The molecule has 0 N–H and O–H groups in total. The van der Waals surface area contributed by atoms with Gasteiger partial charge in [-0.05, 0) is 30.4 Å². The van der Waals surface area contributed by atoms with Gasteiger partial charge >= 0.3 is 0 Å². The molecule has 6 heteroatoms. The maximum Gasteiger partial charge on any atom is 0.255 e. The summed E-state index contributed by atoms with van der Waals surface area (Å²) in [6, 6.07) is 3.05. The average molecular weight is 300 g/mol. The van der Waals surface area contributed by atoms with E-state index in [9.17, 15) is 9.59 Å². The summed E-state index contributed by atoms with van der Waals surface area (Å²) in [5.74, 6) is 0.470. The molecule has 22 heavy (non-hydrogen) atoms. The molecule has 1 aliphatic rings. The molecule has 0 aromatic carbocycles. The first-order valence-electron chi connectivity index (χ1n) is 7.49. The maximum atomic E-state index is 12.5. The smallest absolute Gasteiger partial charge is 0.255 e. The van der Waals surface area contributed by atoms with Gasteiger partial charge in [0.05, 0.1) is 11.8 Å². The number of rotatable bonds is 2. The van der Waals surface area contributed by atoms with Crippen LogP contribution >= 0.6 is 0 Å². The van der Waals surface area contributed by atoms with E-state index in [1.807, 2.05) is 22.8 Å². The van der Waals surface area contributed by atoms with Gasteiger partial charge in [-0.25, -0.2) is 0 Å². The normalized spacial score (nSPS) is 16.0. The van der Waals surface area contributed by atoms with Crippen molar-refractivity contribution in [3.8, 4) is 0 Å². The summed E-state index contributed by atoms with van der Waals surface area (Å²) < 4.78 is 3.26. The molecule has 0 aliphatic carbocycles. The van der Waals surface area contributed by atoms with Gasteiger partial charge in [-0.1, -0.05) is 0 Å². The molecule has 116 valence electrons. The molecular weight excluding hydrogens is 280 g/mol. The van der Waals surface area contributed by atoms with Crippen molar-refractivity contribution in [3.63, 3.8) is 0 Å². The summed E-state index contributed by atoms with van der Waals surface area (Å²) in [5, 5.41) is 4.22. The Labute approximate surface area is 129 Å². The van der Waals surface area contributed by atoms with Crippen LogP contribution in [0.4, 0.5) is 0 Å². The molecule has 3 rings (SSSR count). The van der Waals surface area contributed by atoms with Crippen molar-refractivity contribution in [1.82, 2.24) is 19.2 Å². The first-order valence-corrected chi connectivity index (χ1v) is 7.49. The largest absolute Gasteiger partial charge is 0.339 e. The Morgan fingerprint density at radius 1 is 1.18 bits per heavy atom. The quantitative estimate of drug-likeness (QED) is 0.835. The van der Waals surface area contributed by atoms with Crippen LogP contribution in [0.2, 0.25) is 0 Å². The van der Waals surface area contributed by atoms with E-state index in [1.54, 1.807) is 19.3 Å². The second-order valence-electron chi connectivity index (χ2n) is 5.88. The van der Waals surface area contributed by atoms with Crippen molar-refractivity contribution in [2.24, 2.45) is 14.1 Å². The molecule has 0 bridgehead atoms. The summed E-state index contributed by atoms with van der Waals surface area (Å²) in [6.45, 7) is 1.47. The number of carbonyl (C=O) groups is 1. The van der Waals surface area contributed by atoms with Crippen LogP contribution in [-0.4, -0.2) is 38.2 Å². The molecule has 3 heterocycles. The van der Waals surface area contributed by atoms with Crippen LogP contribution in [-0.2, 0) is 14.1 Å². The molecule has 0 atom stereocenters. The van der Waals surface area contributed by atoms with E-state index in [4.69, 9.17) is 0 Å². The van der Waals surface area contributed by atoms with Crippen LogP contribution in [0.15, 0.2) is 35.5 Å². The van der Waals surface area contributed by atoms with Crippen molar-refractivity contribution in [3.05, 3.63) is 52.2 Å². The average Bonchev–Trinajstić information content (AvgIpc) is 2.96. The molecule has 1 saturated heterocycles. The summed E-state index contributed by atoms with van der Waals surface area (Å²) in [7, 11) is 3.58. The van der Waals surface area contributed by atoms with Crippen LogP contribution in [0, 0.1) is 0 Å². The van der Waals surface area contributed by atoms with Crippen LogP contribution in [0.25, 0.3) is 0 Å². The zero-order chi connectivity index (χ0) is 15.7. The van der Waals surface area contributed by atoms with Crippen molar-refractivity contribution in [2.75, 3.05) is 13.1 Å². The lowest BCUT2D eigenvalue weighted by Gasteiger charge is -2.31. The molecule has 2 aromatic rings. The van der Waals surface area contributed by atoms with Crippen LogP contribution in [0.5, 0.6) is 0 Å². The Morgan fingerprint density at radius 3 is 2.50 bits per heavy atom. The minimum atomic E-state index is -0.105. The first kappa shape index (κ1) is 14.6.